The van der Waals surface area contributed by atoms with Crippen molar-refractivity contribution in [3.8, 4) is 21.6 Å². The molecule has 0 spiro atoms. The highest BCUT2D eigenvalue weighted by Gasteiger charge is 2.24. The number of allylic oxidation sites excluding steroid dienone is 3. The third kappa shape index (κ3) is 7.65. The molecule has 49 heavy (non-hydrogen) atoms. The van der Waals surface area contributed by atoms with Gasteiger partial charge in [-0.05, 0) is 107 Å². The van der Waals surface area contributed by atoms with Gasteiger partial charge in [-0.25, -0.2) is 13.3 Å². The number of nitrogens with two attached hydrogens (primary N) is 1. The van der Waals surface area contributed by atoms with E-state index in [0.29, 0.717) is 0 Å². The lowest BCUT2D eigenvalue weighted by molar-refractivity contribution is -0.145. The van der Waals surface area contributed by atoms with Gasteiger partial charge >= 0.3 is 0 Å². The van der Waals surface area contributed by atoms with Crippen molar-refractivity contribution < 1.29 is 22.8 Å². The number of aryl methyl sites for hydroxylation is 1. The minimum Gasteiger partial charge on any atom is -0.370 e. The van der Waals surface area contributed by atoms with Gasteiger partial charge in [0.2, 0.25) is 5.91 Å². The summed E-state index contributed by atoms with van der Waals surface area (Å²) in [5.41, 5.74) is 20.5. The molecule has 0 saturated carbocycles. The van der Waals surface area contributed by atoms with E-state index in [2.05, 4.69) is 78.3 Å². The number of nitrogens with one attached hydrogen (secondary N) is 1. The number of sulfone groups is 1. The highest BCUT2D eigenvalue weighted by molar-refractivity contribution is 7.95. The van der Waals surface area contributed by atoms with Crippen LogP contribution in [-0.2, 0) is 43.5 Å². The Balaban J connectivity index is 0.000000269. The van der Waals surface area contributed by atoms with Crippen molar-refractivity contribution in [3.63, 3.8) is 0 Å². The Bertz CT molecular complexity index is 2050. The maximum absolute atomic E-state index is 11.2. The topological polar surface area (TPSA) is 108 Å². The van der Waals surface area contributed by atoms with E-state index >= 15 is 0 Å². The van der Waals surface area contributed by atoms with Gasteiger partial charge < -0.3 is 10.5 Å². The van der Waals surface area contributed by atoms with E-state index < -0.39 is 21.0 Å². The molecule has 0 radical (unpaired) electrons. The summed E-state index contributed by atoms with van der Waals surface area (Å²) in [4.78, 5) is 18.9. The molecule has 1 fully saturated rings. The van der Waals surface area contributed by atoms with Gasteiger partial charge in [0, 0.05) is 34.6 Å². The summed E-state index contributed by atoms with van der Waals surface area (Å²) in [7, 11) is -3.29. The van der Waals surface area contributed by atoms with Gasteiger partial charge in [-0.1, -0.05) is 72.8 Å². The molecule has 1 amide bonds. The summed E-state index contributed by atoms with van der Waals surface area (Å²) >= 11 is 1.88. The summed E-state index contributed by atoms with van der Waals surface area (Å²) in [6.45, 7) is 0.779. The number of amides is 1. The van der Waals surface area contributed by atoms with Crippen molar-refractivity contribution in [1.29, 1.82) is 0 Å². The van der Waals surface area contributed by atoms with Crippen LogP contribution in [0.1, 0.15) is 59.2 Å². The van der Waals surface area contributed by atoms with Crippen LogP contribution in [0.25, 0.3) is 33.2 Å². The molecule has 3 heterocycles. The van der Waals surface area contributed by atoms with Gasteiger partial charge in [0.15, 0.2) is 16.1 Å². The van der Waals surface area contributed by atoms with Crippen LogP contribution in [0.15, 0.2) is 96.4 Å². The highest BCUT2D eigenvalue weighted by atomic mass is 32.2. The number of hydrogen-bond donors (Lipinski definition) is 2. The summed E-state index contributed by atoms with van der Waals surface area (Å²) in [6.07, 6.45) is 14.3. The number of hydrogen-bond acceptors (Lipinski definition) is 7. The van der Waals surface area contributed by atoms with Crippen LogP contribution in [0.2, 0.25) is 0 Å². The highest BCUT2D eigenvalue weighted by Crippen LogP contribution is 2.42. The van der Waals surface area contributed by atoms with E-state index in [1.54, 1.807) is 17.2 Å². The molecule has 3 aromatic carbocycles. The minimum atomic E-state index is -3.29. The normalized spacial score (nSPS) is 20.1. The average Bonchev–Trinajstić information content (AvgIpc) is 3.63. The minimum absolute atomic E-state index is 0.150. The lowest BCUT2D eigenvalue weighted by Crippen LogP contribution is -2.25. The number of rotatable bonds is 7. The zero-order chi connectivity index (χ0) is 33.8. The number of thiophene rings is 1. The van der Waals surface area contributed by atoms with Crippen molar-refractivity contribution in [2.45, 2.75) is 62.9 Å². The first kappa shape index (κ1) is 33.2. The molecule has 1 unspecified atom stereocenters. The van der Waals surface area contributed by atoms with Gasteiger partial charge in [0.1, 0.15) is 0 Å². The van der Waals surface area contributed by atoms with Crippen LogP contribution >= 0.6 is 11.3 Å². The van der Waals surface area contributed by atoms with Crippen LogP contribution in [0.5, 0.6) is 0 Å². The molecule has 2 aliphatic heterocycles. The third-order valence-electron chi connectivity index (χ3n) is 9.44. The van der Waals surface area contributed by atoms with Crippen LogP contribution in [-0.4, -0.2) is 32.5 Å². The predicted octanol–water partition coefficient (Wildman–Crippen LogP) is 8.27. The predicted molar refractivity (Wildman–Crippen MR) is 198 cm³/mol. The summed E-state index contributed by atoms with van der Waals surface area (Å²) in [5, 5.41) is 0.306. The molecular formula is C40H40N2O5S2. The second-order valence-electron chi connectivity index (χ2n) is 12.8. The van der Waals surface area contributed by atoms with Gasteiger partial charge in [-0.15, -0.1) is 11.3 Å². The molecule has 1 saturated heterocycles. The fourth-order valence-corrected chi connectivity index (χ4v) is 9.19. The first-order chi connectivity index (χ1) is 23.8. The molecular weight excluding hydrogens is 653 g/mol. The standard InChI is InChI=1S/C33H31NO2S.C7H9NO3S/c1-2-9-27-22(6-1)11-15-30-28-14-13-25(20-23(28)12-16-29(27)30)32-18-17-31(37-32)24-7-5-8-26(21-24)34-36-33-10-3-4-19-35-33;8-7(9)5-6-3-1-2-4-12(6,10)11/h1-2,5-9,12,16-18,20-21,33-34H,3-4,10-11,13-15,19H2;1-4,6H,5H2,(H2,8,9)/t33-;/m0./s1. The van der Waals surface area contributed by atoms with Gasteiger partial charge in [-0.2, -0.15) is 0 Å². The molecule has 1 aromatic heterocycles. The average molecular weight is 693 g/mol. The van der Waals surface area contributed by atoms with E-state index in [1.165, 1.54) is 55.3 Å². The molecule has 2 atom stereocenters. The molecule has 252 valence electrons. The fraction of sp³-hybridized carbons (Fsp3) is 0.275. The zero-order valence-corrected chi connectivity index (χ0v) is 28.9. The number of carbonyl (C=O) groups is 1. The molecule has 2 aliphatic carbocycles. The molecule has 9 heteroatoms. The maximum atomic E-state index is 11.2. The zero-order valence-electron chi connectivity index (χ0n) is 27.3. The third-order valence-corrected chi connectivity index (χ3v) is 12.4. The fourth-order valence-electron chi connectivity index (χ4n) is 6.93. The van der Waals surface area contributed by atoms with Crippen LogP contribution in [0, 0.1) is 0 Å². The first-order valence-corrected chi connectivity index (χ1v) is 19.3. The molecule has 7 nitrogen and oxygen atoms in total. The number of anilines is 1. The summed E-state index contributed by atoms with van der Waals surface area (Å²) in [6, 6.07) is 26.6. The molecule has 4 aromatic rings. The van der Waals surface area contributed by atoms with Crippen LogP contribution in [0.3, 0.4) is 0 Å². The number of fused-ring (bicyclic) bond motifs is 5. The number of carbonyl (C=O) groups excluding carboxylic acids is 1. The van der Waals surface area contributed by atoms with Gasteiger partial charge in [-0.3, -0.25) is 10.3 Å². The van der Waals surface area contributed by atoms with Gasteiger partial charge in [0.05, 0.1) is 10.9 Å². The van der Waals surface area contributed by atoms with E-state index in [0.717, 1.165) is 62.6 Å². The quantitative estimate of drug-likeness (QED) is 0.189. The van der Waals surface area contributed by atoms with E-state index in [9.17, 15) is 13.2 Å². The SMILES string of the molecule is C1=C(c2ccc(-c3cccc(NO[C@H]4CCCCO4)c3)s2)CCc2c1ccc1c2CCc2ccccc2-1.NC(=O)CC1C=CC=CS1(=O)=O. The number of benzene rings is 3. The summed E-state index contributed by atoms with van der Waals surface area (Å²) < 4.78 is 28.0. The largest absolute Gasteiger partial charge is 0.370 e. The molecule has 0 bridgehead atoms. The van der Waals surface area contributed by atoms with Crippen molar-refractivity contribution in [2.75, 3.05) is 12.1 Å². The monoisotopic (exact) mass is 692 g/mol. The van der Waals surface area contributed by atoms with Crippen LogP contribution in [0.4, 0.5) is 5.69 Å². The van der Waals surface area contributed by atoms with Gasteiger partial charge in [0.25, 0.3) is 0 Å². The van der Waals surface area contributed by atoms with Crippen molar-refractivity contribution in [1.82, 2.24) is 0 Å². The molecule has 4 aliphatic rings. The maximum Gasteiger partial charge on any atom is 0.219 e. The van der Waals surface area contributed by atoms with E-state index in [-0.39, 0.29) is 12.7 Å². The van der Waals surface area contributed by atoms with Crippen molar-refractivity contribution in [2.24, 2.45) is 5.73 Å². The second kappa shape index (κ2) is 14.7. The Morgan fingerprint density at radius 2 is 1.76 bits per heavy atom. The first-order valence-electron chi connectivity index (χ1n) is 16.9. The second-order valence-corrected chi connectivity index (χ2v) is 15.9. The Labute approximate surface area is 292 Å². The molecule has 8 rings (SSSR count). The van der Waals surface area contributed by atoms with Crippen molar-refractivity contribution in [3.05, 3.63) is 124 Å². The molecule has 3 N–H and O–H groups in total. The smallest absolute Gasteiger partial charge is 0.219 e. The van der Waals surface area contributed by atoms with E-state index in [1.807, 2.05) is 17.4 Å². The van der Waals surface area contributed by atoms with Crippen LogP contribution < -0.4 is 11.2 Å². The Kier molecular flexibility index (Phi) is 9.96. The Morgan fingerprint density at radius 3 is 2.59 bits per heavy atom. The number of ether oxygens (including phenoxy) is 1. The lowest BCUT2D eigenvalue weighted by Gasteiger charge is -2.26. The summed E-state index contributed by atoms with van der Waals surface area (Å²) in [5.74, 6) is -0.608. The Morgan fingerprint density at radius 1 is 0.898 bits per heavy atom. The van der Waals surface area contributed by atoms with Crippen molar-refractivity contribution >= 4 is 44.4 Å². The van der Waals surface area contributed by atoms with E-state index in [4.69, 9.17) is 15.3 Å². The number of primary amides is 1. The lowest BCUT2D eigenvalue weighted by atomic mass is 9.78. The Hall–Kier alpha value is -4.28.